The molecule has 1 rings (SSSR count). The number of aromatic nitrogens is 2. The van der Waals surface area contributed by atoms with E-state index in [-0.39, 0.29) is 17.4 Å². The van der Waals surface area contributed by atoms with Crippen LogP contribution in [-0.2, 0) is 14.9 Å². The first-order valence-corrected chi connectivity index (χ1v) is 5.71. The lowest BCUT2D eigenvalue weighted by atomic mass is 9.92. The van der Waals surface area contributed by atoms with E-state index in [1.165, 1.54) is 0 Å². The highest BCUT2D eigenvalue weighted by Gasteiger charge is 2.17. The van der Waals surface area contributed by atoms with E-state index >= 15 is 0 Å². The molecule has 0 aliphatic carbocycles. The molecule has 2 N–H and O–H groups in total. The molecule has 0 fully saturated rings. The van der Waals surface area contributed by atoms with Crippen molar-refractivity contribution in [3.05, 3.63) is 11.8 Å². The van der Waals surface area contributed by atoms with E-state index in [0.717, 1.165) is 5.69 Å². The highest BCUT2D eigenvalue weighted by atomic mass is 16.5. The third kappa shape index (κ3) is 4.19. The maximum absolute atomic E-state index is 11.6. The summed E-state index contributed by atoms with van der Waals surface area (Å²) < 4.78 is 5.03. The van der Waals surface area contributed by atoms with Gasteiger partial charge < -0.3 is 10.1 Å². The van der Waals surface area contributed by atoms with Crippen LogP contribution in [-0.4, -0.2) is 29.3 Å². The molecule has 5 heteroatoms. The molecule has 0 spiro atoms. The Bertz CT molecular complexity index is 379. The molecule has 0 aromatic carbocycles. The molecular weight excluding hydrogens is 218 g/mol. The number of hydrogen-bond acceptors (Lipinski definition) is 3. The molecule has 1 amide bonds. The Morgan fingerprint density at radius 1 is 1.59 bits per heavy atom. The number of amides is 1. The van der Waals surface area contributed by atoms with Crippen molar-refractivity contribution in [2.45, 2.75) is 45.6 Å². The van der Waals surface area contributed by atoms with Gasteiger partial charge in [0.15, 0.2) is 5.82 Å². The minimum atomic E-state index is -0.0914. The Balaban J connectivity index is 2.58. The van der Waals surface area contributed by atoms with Gasteiger partial charge in [0, 0.05) is 24.3 Å². The molecule has 1 atom stereocenters. The van der Waals surface area contributed by atoms with Gasteiger partial charge in [0.1, 0.15) is 0 Å². The van der Waals surface area contributed by atoms with Crippen LogP contribution in [0.25, 0.3) is 0 Å². The molecule has 0 unspecified atom stereocenters. The van der Waals surface area contributed by atoms with Crippen LogP contribution >= 0.6 is 0 Å². The van der Waals surface area contributed by atoms with Crippen LogP contribution in [0.3, 0.4) is 0 Å². The third-order valence-corrected chi connectivity index (χ3v) is 2.53. The highest BCUT2D eigenvalue weighted by molar-refractivity contribution is 5.90. The second-order valence-electron chi connectivity index (χ2n) is 5.22. The number of carbonyl (C=O) groups is 1. The van der Waals surface area contributed by atoms with Gasteiger partial charge >= 0.3 is 0 Å². The number of methoxy groups -OCH3 is 1. The molecule has 1 aromatic rings. The molecule has 0 aliphatic heterocycles. The lowest BCUT2D eigenvalue weighted by Gasteiger charge is -2.14. The van der Waals surface area contributed by atoms with Crippen LogP contribution in [0.1, 0.15) is 39.8 Å². The van der Waals surface area contributed by atoms with Gasteiger partial charge in [0.05, 0.1) is 12.5 Å². The Morgan fingerprint density at radius 3 is 2.71 bits per heavy atom. The van der Waals surface area contributed by atoms with E-state index in [1.54, 1.807) is 7.11 Å². The van der Waals surface area contributed by atoms with Crippen LogP contribution in [0.4, 0.5) is 5.82 Å². The van der Waals surface area contributed by atoms with Crippen molar-refractivity contribution < 1.29 is 9.53 Å². The summed E-state index contributed by atoms with van der Waals surface area (Å²) in [5, 5.41) is 9.72. The Hall–Kier alpha value is -1.36. The topological polar surface area (TPSA) is 67.0 Å². The van der Waals surface area contributed by atoms with Gasteiger partial charge in [-0.05, 0) is 6.92 Å². The second kappa shape index (κ2) is 5.31. The summed E-state index contributed by atoms with van der Waals surface area (Å²) in [6.45, 7) is 8.10. The standard InChI is InChI=1S/C12H21N3O2/c1-8(17-5)6-11(16)13-10-7-9(14-15-10)12(2,3)4/h7-8H,6H2,1-5H3,(H2,13,14,15,16)/t8-/m0/s1. The summed E-state index contributed by atoms with van der Waals surface area (Å²) in [6.07, 6.45) is 0.241. The molecule has 1 aromatic heterocycles. The van der Waals surface area contributed by atoms with E-state index in [4.69, 9.17) is 4.74 Å². The van der Waals surface area contributed by atoms with E-state index in [2.05, 4.69) is 36.3 Å². The third-order valence-electron chi connectivity index (χ3n) is 2.53. The maximum atomic E-state index is 11.6. The Kier molecular flexibility index (Phi) is 4.28. The fourth-order valence-electron chi connectivity index (χ4n) is 1.31. The van der Waals surface area contributed by atoms with Crippen molar-refractivity contribution in [3.63, 3.8) is 0 Å². The number of rotatable bonds is 4. The first-order valence-electron chi connectivity index (χ1n) is 5.71. The van der Waals surface area contributed by atoms with Crippen molar-refractivity contribution in [1.82, 2.24) is 10.2 Å². The zero-order valence-electron chi connectivity index (χ0n) is 11.1. The molecule has 0 radical (unpaired) electrons. The monoisotopic (exact) mass is 239 g/mol. The number of carbonyl (C=O) groups excluding carboxylic acids is 1. The van der Waals surface area contributed by atoms with Crippen molar-refractivity contribution >= 4 is 11.7 Å². The molecule has 1 heterocycles. The number of nitrogens with one attached hydrogen (secondary N) is 2. The molecule has 17 heavy (non-hydrogen) atoms. The molecule has 0 saturated heterocycles. The average molecular weight is 239 g/mol. The van der Waals surface area contributed by atoms with E-state index in [9.17, 15) is 4.79 Å². The number of nitrogens with zero attached hydrogens (tertiary/aromatic N) is 1. The smallest absolute Gasteiger partial charge is 0.228 e. The van der Waals surface area contributed by atoms with Gasteiger partial charge in [-0.3, -0.25) is 9.89 Å². The number of hydrogen-bond donors (Lipinski definition) is 2. The lowest BCUT2D eigenvalue weighted by molar-refractivity contribution is -0.118. The predicted molar refractivity (Wildman–Crippen MR) is 67.0 cm³/mol. The van der Waals surface area contributed by atoms with Crippen molar-refractivity contribution in [1.29, 1.82) is 0 Å². The quantitative estimate of drug-likeness (QED) is 0.845. The van der Waals surface area contributed by atoms with Gasteiger partial charge in [-0.15, -0.1) is 0 Å². The largest absolute Gasteiger partial charge is 0.381 e. The van der Waals surface area contributed by atoms with E-state index in [0.29, 0.717) is 12.2 Å². The normalized spacial score (nSPS) is 13.5. The van der Waals surface area contributed by atoms with Crippen LogP contribution in [0.15, 0.2) is 6.07 Å². The first-order chi connectivity index (χ1) is 7.82. The minimum Gasteiger partial charge on any atom is -0.381 e. The van der Waals surface area contributed by atoms with Gasteiger partial charge in [-0.1, -0.05) is 20.8 Å². The average Bonchev–Trinajstić information content (AvgIpc) is 2.65. The number of anilines is 1. The van der Waals surface area contributed by atoms with Crippen LogP contribution in [0.5, 0.6) is 0 Å². The summed E-state index contributed by atoms with van der Waals surface area (Å²) in [6, 6.07) is 1.86. The lowest BCUT2D eigenvalue weighted by Crippen LogP contribution is -2.19. The zero-order chi connectivity index (χ0) is 13.1. The van der Waals surface area contributed by atoms with Crippen LogP contribution in [0.2, 0.25) is 0 Å². The predicted octanol–water partition coefficient (Wildman–Crippen LogP) is 2.07. The fraction of sp³-hybridized carbons (Fsp3) is 0.667. The SMILES string of the molecule is CO[C@@H](C)CC(=O)Nc1cc(C(C)(C)C)[nH]n1. The van der Waals surface area contributed by atoms with Gasteiger partial charge in [-0.25, -0.2) is 0 Å². The molecule has 0 saturated carbocycles. The first kappa shape index (κ1) is 13.7. The van der Waals surface area contributed by atoms with Crippen molar-refractivity contribution in [3.8, 4) is 0 Å². The van der Waals surface area contributed by atoms with Crippen LogP contribution < -0.4 is 5.32 Å². The Labute approximate surface area is 102 Å². The molecule has 0 aliphatic rings. The summed E-state index contributed by atoms with van der Waals surface area (Å²) >= 11 is 0. The molecule has 5 nitrogen and oxygen atoms in total. The van der Waals surface area contributed by atoms with E-state index < -0.39 is 0 Å². The molecule has 96 valence electrons. The van der Waals surface area contributed by atoms with Crippen LogP contribution in [0, 0.1) is 0 Å². The van der Waals surface area contributed by atoms with Gasteiger partial charge in [0.2, 0.25) is 5.91 Å². The highest BCUT2D eigenvalue weighted by Crippen LogP contribution is 2.21. The van der Waals surface area contributed by atoms with Gasteiger partial charge in [0.25, 0.3) is 0 Å². The summed E-state index contributed by atoms with van der Waals surface area (Å²) in [4.78, 5) is 11.6. The summed E-state index contributed by atoms with van der Waals surface area (Å²) in [5.41, 5.74) is 0.989. The fourth-order valence-corrected chi connectivity index (χ4v) is 1.31. The summed E-state index contributed by atoms with van der Waals surface area (Å²) in [7, 11) is 1.59. The molecule has 0 bridgehead atoms. The number of aromatic amines is 1. The second-order valence-corrected chi connectivity index (χ2v) is 5.22. The maximum Gasteiger partial charge on any atom is 0.228 e. The summed E-state index contributed by atoms with van der Waals surface area (Å²) in [5.74, 6) is 0.467. The van der Waals surface area contributed by atoms with E-state index in [1.807, 2.05) is 13.0 Å². The molecular formula is C12H21N3O2. The van der Waals surface area contributed by atoms with Crippen molar-refractivity contribution in [2.24, 2.45) is 0 Å². The zero-order valence-corrected chi connectivity index (χ0v) is 11.1. The van der Waals surface area contributed by atoms with Crippen molar-refractivity contribution in [2.75, 3.05) is 12.4 Å². The number of H-pyrrole nitrogens is 1. The Morgan fingerprint density at radius 2 is 2.24 bits per heavy atom. The number of ether oxygens (including phenoxy) is 1. The minimum absolute atomic E-state index is 0.00417. The van der Waals surface area contributed by atoms with Gasteiger partial charge in [-0.2, -0.15) is 5.10 Å².